The summed E-state index contributed by atoms with van der Waals surface area (Å²) >= 11 is 0. The number of aliphatic hydroxyl groups excluding tert-OH is 1. The fourth-order valence-electron chi connectivity index (χ4n) is 7.35. The SMILES string of the molecule is O=[P@]12O[C@@H]([C@@H](O)[C@@H](Cc3ccccc3)N1Cc1ccc3ccccc3c1)[C@@H](Cc1ccccc1)N2Cc1ccc2ccccc2c1. The summed E-state index contributed by atoms with van der Waals surface area (Å²) in [5.74, 6) is 0. The van der Waals surface area contributed by atoms with E-state index in [-0.39, 0.29) is 6.04 Å². The second-order valence-electron chi connectivity index (χ2n) is 12.6. The van der Waals surface area contributed by atoms with Gasteiger partial charge in [-0.3, -0.25) is 9.09 Å². The van der Waals surface area contributed by atoms with Gasteiger partial charge in [-0.1, -0.05) is 133 Å². The molecular formula is C40H37N2O3P. The maximum atomic E-state index is 15.7. The number of nitrogens with zero attached hydrogens (tertiary/aromatic N) is 2. The highest BCUT2D eigenvalue weighted by molar-refractivity contribution is 7.54. The summed E-state index contributed by atoms with van der Waals surface area (Å²) in [6, 6.07) is 49.3. The molecule has 230 valence electrons. The molecule has 0 radical (unpaired) electrons. The molecule has 0 saturated carbocycles. The van der Waals surface area contributed by atoms with Crippen molar-refractivity contribution in [3.8, 4) is 0 Å². The lowest BCUT2D eigenvalue weighted by atomic mass is 9.90. The molecule has 2 aliphatic rings. The Morgan fingerprint density at radius 1 is 0.522 bits per heavy atom. The first-order valence-electron chi connectivity index (χ1n) is 16.1. The van der Waals surface area contributed by atoms with E-state index in [2.05, 4.69) is 89.6 Å². The van der Waals surface area contributed by atoms with Crippen LogP contribution >= 0.6 is 7.67 Å². The Morgan fingerprint density at radius 2 is 0.957 bits per heavy atom. The van der Waals surface area contributed by atoms with Crippen LogP contribution in [0.1, 0.15) is 22.3 Å². The molecule has 5 atom stereocenters. The standard InChI is InChI=1S/C40H37N2O3P/c43-39-37(25-29-11-3-1-4-12-29)41(27-31-19-21-33-15-7-9-17-35(33)23-31)46(44)42(28-32-20-22-34-16-8-10-18-36(34)24-32)38(40(39)45-46)26-30-13-5-2-6-14-30/h1-24,37-40,43H,25-28H2/t37-,38-,39+,40-,46+/m1/s1. The number of hydrogen-bond acceptors (Lipinski definition) is 3. The van der Waals surface area contributed by atoms with Crippen molar-refractivity contribution in [1.82, 2.24) is 9.34 Å². The van der Waals surface area contributed by atoms with Gasteiger partial charge in [-0.05, 0) is 68.8 Å². The van der Waals surface area contributed by atoms with Gasteiger partial charge in [0.2, 0.25) is 0 Å². The summed E-state index contributed by atoms with van der Waals surface area (Å²) in [7, 11) is -3.61. The van der Waals surface area contributed by atoms with Crippen molar-refractivity contribution in [3.05, 3.63) is 168 Å². The summed E-state index contributed by atoms with van der Waals surface area (Å²) < 4.78 is 26.4. The number of aliphatic hydroxyl groups is 1. The fourth-order valence-corrected chi connectivity index (χ4v) is 10.3. The first-order chi connectivity index (χ1) is 22.5. The average molecular weight is 625 g/mol. The van der Waals surface area contributed by atoms with Crippen LogP contribution in [0.3, 0.4) is 0 Å². The van der Waals surface area contributed by atoms with Gasteiger partial charge in [0.05, 0.1) is 18.2 Å². The maximum Gasteiger partial charge on any atom is 0.347 e. The van der Waals surface area contributed by atoms with Crippen LogP contribution in [0.15, 0.2) is 146 Å². The monoisotopic (exact) mass is 624 g/mol. The predicted octanol–water partition coefficient (Wildman–Crippen LogP) is 8.40. The molecule has 2 fully saturated rings. The Bertz CT molecular complexity index is 2000. The Hall–Kier alpha value is -4.09. The van der Waals surface area contributed by atoms with Crippen LogP contribution in [-0.4, -0.2) is 38.7 Å². The zero-order chi connectivity index (χ0) is 31.1. The third-order valence-electron chi connectivity index (χ3n) is 9.68. The largest absolute Gasteiger partial charge is 0.389 e. The molecule has 0 spiro atoms. The molecule has 2 heterocycles. The highest BCUT2D eigenvalue weighted by Crippen LogP contribution is 2.67. The van der Waals surface area contributed by atoms with Gasteiger partial charge in [0.15, 0.2) is 0 Å². The molecule has 2 saturated heterocycles. The Kier molecular flexibility index (Phi) is 7.81. The quantitative estimate of drug-likeness (QED) is 0.172. The molecule has 46 heavy (non-hydrogen) atoms. The van der Waals surface area contributed by atoms with Gasteiger partial charge in [0.1, 0.15) is 6.10 Å². The van der Waals surface area contributed by atoms with E-state index < -0.39 is 25.9 Å². The Balaban J connectivity index is 1.23. The minimum absolute atomic E-state index is 0.269. The van der Waals surface area contributed by atoms with Gasteiger partial charge in [0.25, 0.3) is 0 Å². The van der Waals surface area contributed by atoms with E-state index in [9.17, 15) is 5.11 Å². The number of hydrogen-bond donors (Lipinski definition) is 1. The number of rotatable bonds is 8. The van der Waals surface area contributed by atoms with E-state index >= 15 is 4.57 Å². The van der Waals surface area contributed by atoms with E-state index in [1.807, 2.05) is 65.3 Å². The first-order valence-corrected chi connectivity index (χ1v) is 17.6. The van der Waals surface area contributed by atoms with Crippen LogP contribution in [-0.2, 0) is 35.0 Å². The van der Waals surface area contributed by atoms with Crippen molar-refractivity contribution >= 4 is 29.2 Å². The van der Waals surface area contributed by atoms with Crippen molar-refractivity contribution in [2.24, 2.45) is 0 Å². The van der Waals surface area contributed by atoms with Crippen molar-refractivity contribution in [2.75, 3.05) is 0 Å². The van der Waals surface area contributed by atoms with E-state index in [1.165, 1.54) is 5.39 Å². The highest BCUT2D eigenvalue weighted by atomic mass is 31.2. The molecule has 2 bridgehead atoms. The van der Waals surface area contributed by atoms with E-state index in [1.54, 1.807) is 0 Å². The molecular weight excluding hydrogens is 587 g/mol. The molecule has 0 aliphatic carbocycles. The third kappa shape index (κ3) is 5.49. The van der Waals surface area contributed by atoms with Crippen molar-refractivity contribution < 1.29 is 14.2 Å². The molecule has 0 amide bonds. The Morgan fingerprint density at radius 3 is 1.48 bits per heavy atom. The van der Waals surface area contributed by atoms with E-state index in [0.717, 1.165) is 38.4 Å². The second-order valence-corrected chi connectivity index (χ2v) is 14.8. The van der Waals surface area contributed by atoms with Gasteiger partial charge < -0.3 is 5.11 Å². The normalized spacial score (nSPS) is 24.9. The average Bonchev–Trinajstić information content (AvgIpc) is 3.34. The van der Waals surface area contributed by atoms with Crippen molar-refractivity contribution in [3.63, 3.8) is 0 Å². The number of fused-ring (bicyclic) bond motifs is 4. The zero-order valence-electron chi connectivity index (χ0n) is 25.6. The third-order valence-corrected chi connectivity index (χ3v) is 12.4. The van der Waals surface area contributed by atoms with Crippen LogP contribution in [0.25, 0.3) is 21.5 Å². The molecule has 0 aromatic heterocycles. The van der Waals surface area contributed by atoms with E-state index in [4.69, 9.17) is 4.52 Å². The minimum atomic E-state index is -3.61. The van der Waals surface area contributed by atoms with Gasteiger partial charge in [0, 0.05) is 13.1 Å². The lowest BCUT2D eigenvalue weighted by Gasteiger charge is -2.43. The molecule has 1 N–H and O–H groups in total. The topological polar surface area (TPSA) is 53.0 Å². The maximum absolute atomic E-state index is 15.7. The molecule has 2 aliphatic heterocycles. The van der Waals surface area contributed by atoms with Crippen molar-refractivity contribution in [1.29, 1.82) is 0 Å². The lowest BCUT2D eigenvalue weighted by molar-refractivity contribution is -0.0378. The summed E-state index contributed by atoms with van der Waals surface area (Å²) in [5, 5.41) is 16.8. The summed E-state index contributed by atoms with van der Waals surface area (Å²) in [5.41, 5.74) is 4.35. The molecule has 6 aromatic carbocycles. The van der Waals surface area contributed by atoms with Crippen molar-refractivity contribution in [2.45, 2.75) is 50.2 Å². The van der Waals surface area contributed by atoms with Gasteiger partial charge in [-0.15, -0.1) is 0 Å². The summed E-state index contributed by atoms with van der Waals surface area (Å²) in [4.78, 5) is 0. The second kappa shape index (κ2) is 12.3. The number of benzene rings is 6. The first kappa shape index (κ1) is 29.3. The molecule has 6 heteroatoms. The smallest absolute Gasteiger partial charge is 0.347 e. The van der Waals surface area contributed by atoms with Gasteiger partial charge >= 0.3 is 7.67 Å². The summed E-state index contributed by atoms with van der Waals surface area (Å²) in [6.07, 6.45) is -0.227. The van der Waals surface area contributed by atoms with Crippen LogP contribution in [0.4, 0.5) is 0 Å². The summed E-state index contributed by atoms with van der Waals surface area (Å²) in [6.45, 7) is 0.852. The van der Waals surface area contributed by atoms with Crippen LogP contribution in [0, 0.1) is 0 Å². The molecule has 6 aromatic rings. The fraction of sp³-hybridized carbons (Fsp3) is 0.200. The predicted molar refractivity (Wildman–Crippen MR) is 185 cm³/mol. The zero-order valence-corrected chi connectivity index (χ0v) is 26.5. The highest BCUT2D eigenvalue weighted by Gasteiger charge is 2.62. The van der Waals surface area contributed by atoms with Crippen LogP contribution in [0.2, 0.25) is 0 Å². The molecule has 8 rings (SSSR count). The Labute approximate surface area is 270 Å². The minimum Gasteiger partial charge on any atom is -0.389 e. The molecule has 5 nitrogen and oxygen atoms in total. The lowest BCUT2D eigenvalue weighted by Crippen LogP contribution is -2.53. The molecule has 0 unspecified atom stereocenters. The van der Waals surface area contributed by atoms with Gasteiger partial charge in [-0.2, -0.15) is 0 Å². The van der Waals surface area contributed by atoms with E-state index in [0.29, 0.717) is 25.9 Å². The van der Waals surface area contributed by atoms with Gasteiger partial charge in [-0.25, -0.2) is 9.34 Å². The van der Waals surface area contributed by atoms with Crippen LogP contribution in [0.5, 0.6) is 0 Å². The van der Waals surface area contributed by atoms with Crippen LogP contribution < -0.4 is 0 Å².